The summed E-state index contributed by atoms with van der Waals surface area (Å²) in [5.74, 6) is -0.0693. The Hall–Kier alpha value is -1.60. The van der Waals surface area contributed by atoms with Crippen molar-refractivity contribution in [2.75, 3.05) is 0 Å². The number of rotatable bonds is 6. The van der Waals surface area contributed by atoms with Gasteiger partial charge in [0.25, 0.3) is 0 Å². The Kier molecular flexibility index (Phi) is 5.31. The summed E-state index contributed by atoms with van der Waals surface area (Å²) in [6.07, 6.45) is -4.10. The van der Waals surface area contributed by atoms with E-state index in [-0.39, 0.29) is 0 Å². The summed E-state index contributed by atoms with van der Waals surface area (Å²) < 4.78 is 37.7. The van der Waals surface area contributed by atoms with E-state index in [4.69, 9.17) is 0 Å². The molecule has 8 heteroatoms. The third-order valence-electron chi connectivity index (χ3n) is 2.64. The van der Waals surface area contributed by atoms with E-state index < -0.39 is 31.0 Å². The van der Waals surface area contributed by atoms with Crippen molar-refractivity contribution >= 4 is 5.91 Å². The lowest BCUT2D eigenvalue weighted by molar-refractivity contribution is -0.144. The van der Waals surface area contributed by atoms with E-state index in [0.717, 1.165) is 0 Å². The van der Waals surface area contributed by atoms with E-state index in [9.17, 15) is 18.0 Å². The van der Waals surface area contributed by atoms with Crippen LogP contribution in [0.15, 0.2) is 6.33 Å². The van der Waals surface area contributed by atoms with Gasteiger partial charge in [0.1, 0.15) is 12.2 Å². The lowest BCUT2D eigenvalue weighted by Gasteiger charge is -2.17. The van der Waals surface area contributed by atoms with Gasteiger partial charge in [0, 0.05) is 13.0 Å². The van der Waals surface area contributed by atoms with Gasteiger partial charge in [0.2, 0.25) is 5.91 Å². The fourth-order valence-corrected chi connectivity index (χ4v) is 1.66. The number of nitrogens with one attached hydrogen (secondary N) is 1. The molecule has 0 spiro atoms. The third-order valence-corrected chi connectivity index (χ3v) is 2.64. The highest BCUT2D eigenvalue weighted by Gasteiger charge is 2.28. The Morgan fingerprint density at radius 2 is 2.16 bits per heavy atom. The standard InChI is InChI=1S/C11H17F3N4O/c1-3-8(10-15-7-16-18(10)4-2)17-9(19)5-6-11(12,13)14/h7-8H,3-6H2,1-2H3,(H,17,19)/t8-/m0/s1. The van der Waals surface area contributed by atoms with Crippen LogP contribution in [0.1, 0.15) is 45.0 Å². The number of hydrogen-bond acceptors (Lipinski definition) is 3. The molecule has 1 aromatic heterocycles. The first-order valence-electron chi connectivity index (χ1n) is 6.11. The van der Waals surface area contributed by atoms with Crippen LogP contribution >= 0.6 is 0 Å². The van der Waals surface area contributed by atoms with Crippen LogP contribution in [0.4, 0.5) is 13.2 Å². The molecule has 0 aliphatic rings. The second kappa shape index (κ2) is 6.53. The van der Waals surface area contributed by atoms with Crippen molar-refractivity contribution < 1.29 is 18.0 Å². The molecule has 1 N–H and O–H groups in total. The van der Waals surface area contributed by atoms with Crippen LogP contribution in [0.3, 0.4) is 0 Å². The van der Waals surface area contributed by atoms with E-state index >= 15 is 0 Å². The number of nitrogens with zero attached hydrogens (tertiary/aromatic N) is 3. The molecule has 0 bridgehead atoms. The Bertz CT molecular complexity index is 416. The Morgan fingerprint density at radius 3 is 2.68 bits per heavy atom. The Morgan fingerprint density at radius 1 is 1.47 bits per heavy atom. The molecule has 108 valence electrons. The maximum Gasteiger partial charge on any atom is 0.389 e. The minimum atomic E-state index is -4.32. The number of alkyl halides is 3. The molecule has 1 atom stereocenters. The van der Waals surface area contributed by atoms with Gasteiger partial charge >= 0.3 is 6.18 Å². The summed E-state index contributed by atoms with van der Waals surface area (Å²) in [5, 5.41) is 6.52. The second-order valence-electron chi connectivity index (χ2n) is 4.08. The van der Waals surface area contributed by atoms with Crippen molar-refractivity contribution in [1.29, 1.82) is 0 Å². The molecule has 0 aliphatic carbocycles. The summed E-state index contributed by atoms with van der Waals surface area (Å²) in [6.45, 7) is 4.28. The van der Waals surface area contributed by atoms with Crippen molar-refractivity contribution in [3.05, 3.63) is 12.2 Å². The molecule has 19 heavy (non-hydrogen) atoms. The van der Waals surface area contributed by atoms with Crippen molar-refractivity contribution in [1.82, 2.24) is 20.1 Å². The number of amides is 1. The van der Waals surface area contributed by atoms with Gasteiger partial charge in [-0.2, -0.15) is 18.3 Å². The normalized spacial score (nSPS) is 13.3. The lowest BCUT2D eigenvalue weighted by Crippen LogP contribution is -2.31. The van der Waals surface area contributed by atoms with Gasteiger partial charge in [-0.3, -0.25) is 4.79 Å². The molecule has 1 heterocycles. The molecule has 0 unspecified atom stereocenters. The topological polar surface area (TPSA) is 59.8 Å². The summed E-state index contributed by atoms with van der Waals surface area (Å²) >= 11 is 0. The highest BCUT2D eigenvalue weighted by Crippen LogP contribution is 2.21. The zero-order chi connectivity index (χ0) is 14.5. The van der Waals surface area contributed by atoms with Crippen LogP contribution in [0.2, 0.25) is 0 Å². The number of hydrogen-bond donors (Lipinski definition) is 1. The van der Waals surface area contributed by atoms with E-state index in [1.165, 1.54) is 6.33 Å². The summed E-state index contributed by atoms with van der Waals surface area (Å²) in [6, 6.07) is -0.414. The van der Waals surface area contributed by atoms with E-state index in [1.54, 1.807) is 4.68 Å². The molecular weight excluding hydrogens is 261 g/mol. The first-order chi connectivity index (χ1) is 8.87. The van der Waals surface area contributed by atoms with E-state index in [0.29, 0.717) is 18.8 Å². The molecule has 0 radical (unpaired) electrons. The monoisotopic (exact) mass is 278 g/mol. The zero-order valence-electron chi connectivity index (χ0n) is 10.9. The molecule has 1 rings (SSSR count). The lowest BCUT2D eigenvalue weighted by atomic mass is 10.2. The number of aryl methyl sites for hydroxylation is 1. The van der Waals surface area contributed by atoms with Crippen LogP contribution in [-0.2, 0) is 11.3 Å². The molecule has 1 aromatic rings. The Balaban J connectivity index is 2.60. The quantitative estimate of drug-likeness (QED) is 0.868. The number of aromatic nitrogens is 3. The van der Waals surface area contributed by atoms with Gasteiger partial charge in [0.05, 0.1) is 12.5 Å². The van der Waals surface area contributed by atoms with Crippen LogP contribution in [0, 0.1) is 0 Å². The van der Waals surface area contributed by atoms with Crippen molar-refractivity contribution in [3.8, 4) is 0 Å². The molecule has 0 aliphatic heterocycles. The van der Waals surface area contributed by atoms with Gasteiger partial charge in [-0.1, -0.05) is 6.92 Å². The first-order valence-corrected chi connectivity index (χ1v) is 6.11. The van der Waals surface area contributed by atoms with Crippen LogP contribution in [0.5, 0.6) is 0 Å². The van der Waals surface area contributed by atoms with Crippen LogP contribution in [0.25, 0.3) is 0 Å². The Labute approximate surface area is 109 Å². The molecule has 0 saturated heterocycles. The maximum atomic E-state index is 12.0. The van der Waals surface area contributed by atoms with Crippen LogP contribution in [-0.4, -0.2) is 26.8 Å². The predicted octanol–water partition coefficient (Wildman–Crippen LogP) is 2.21. The van der Waals surface area contributed by atoms with Crippen molar-refractivity contribution in [2.24, 2.45) is 0 Å². The SMILES string of the molecule is CC[C@H](NC(=O)CCC(F)(F)F)c1ncnn1CC. The molecule has 0 saturated carbocycles. The first kappa shape index (κ1) is 15.5. The molecular formula is C11H17F3N4O. The van der Waals surface area contributed by atoms with Crippen molar-refractivity contribution in [3.63, 3.8) is 0 Å². The minimum absolute atomic E-state index is 0.414. The van der Waals surface area contributed by atoms with Gasteiger partial charge in [-0.25, -0.2) is 9.67 Å². The van der Waals surface area contributed by atoms with E-state index in [2.05, 4.69) is 15.4 Å². The molecule has 1 amide bonds. The van der Waals surface area contributed by atoms with Crippen LogP contribution < -0.4 is 5.32 Å². The predicted molar refractivity (Wildman–Crippen MR) is 62.2 cm³/mol. The fraction of sp³-hybridized carbons (Fsp3) is 0.727. The number of carbonyl (C=O) groups is 1. The smallest absolute Gasteiger partial charge is 0.346 e. The van der Waals surface area contributed by atoms with Gasteiger partial charge in [-0.05, 0) is 13.3 Å². The minimum Gasteiger partial charge on any atom is -0.346 e. The van der Waals surface area contributed by atoms with Crippen molar-refractivity contribution in [2.45, 2.75) is 51.9 Å². The number of halogens is 3. The maximum absolute atomic E-state index is 12.0. The molecule has 0 aromatic carbocycles. The van der Waals surface area contributed by atoms with E-state index in [1.807, 2.05) is 13.8 Å². The largest absolute Gasteiger partial charge is 0.389 e. The van der Waals surface area contributed by atoms with Gasteiger partial charge in [-0.15, -0.1) is 0 Å². The summed E-state index contributed by atoms with van der Waals surface area (Å²) in [4.78, 5) is 15.5. The average Bonchev–Trinajstić information content (AvgIpc) is 2.80. The summed E-state index contributed by atoms with van der Waals surface area (Å²) in [5.41, 5.74) is 0. The summed E-state index contributed by atoms with van der Waals surface area (Å²) in [7, 11) is 0. The number of carbonyl (C=O) groups excluding carboxylic acids is 1. The average molecular weight is 278 g/mol. The highest BCUT2D eigenvalue weighted by atomic mass is 19.4. The molecule has 5 nitrogen and oxygen atoms in total. The molecule has 0 fully saturated rings. The highest BCUT2D eigenvalue weighted by molar-refractivity contribution is 5.76. The third kappa shape index (κ3) is 4.88. The van der Waals surface area contributed by atoms with Gasteiger partial charge in [0.15, 0.2) is 0 Å². The van der Waals surface area contributed by atoms with Gasteiger partial charge < -0.3 is 5.32 Å². The fourth-order valence-electron chi connectivity index (χ4n) is 1.66. The zero-order valence-corrected chi connectivity index (χ0v) is 10.9. The second-order valence-corrected chi connectivity index (χ2v) is 4.08.